The Bertz CT molecular complexity index is 528. The van der Waals surface area contributed by atoms with Gasteiger partial charge in [0.05, 0.1) is 11.5 Å². The lowest BCUT2D eigenvalue weighted by Crippen LogP contribution is -2.36. The standard InChI is InChI=1S/C15H25NO4S/c1-12(2)9-16-10-14(11-19-3)20-13-6-5-7-15(8-13)21(4,17)18/h5-8,12,14,16H,9-11H2,1-4H3. The van der Waals surface area contributed by atoms with E-state index in [4.69, 9.17) is 9.47 Å². The fourth-order valence-corrected chi connectivity index (χ4v) is 2.48. The number of rotatable bonds is 9. The Morgan fingerprint density at radius 3 is 2.52 bits per heavy atom. The normalized spacial score (nSPS) is 13.4. The van der Waals surface area contributed by atoms with E-state index in [2.05, 4.69) is 19.2 Å². The van der Waals surface area contributed by atoms with Crippen molar-refractivity contribution in [3.63, 3.8) is 0 Å². The van der Waals surface area contributed by atoms with Crippen LogP contribution in [0.4, 0.5) is 0 Å². The van der Waals surface area contributed by atoms with Gasteiger partial charge in [-0.3, -0.25) is 0 Å². The molecule has 1 N–H and O–H groups in total. The van der Waals surface area contributed by atoms with Crippen molar-refractivity contribution in [1.82, 2.24) is 5.32 Å². The van der Waals surface area contributed by atoms with E-state index in [1.165, 1.54) is 6.26 Å². The highest BCUT2D eigenvalue weighted by Crippen LogP contribution is 2.18. The predicted octanol–water partition coefficient (Wildman–Crippen LogP) is 1.73. The minimum atomic E-state index is -3.23. The largest absolute Gasteiger partial charge is 0.487 e. The third-order valence-electron chi connectivity index (χ3n) is 2.81. The Labute approximate surface area is 127 Å². The molecule has 0 aliphatic rings. The molecule has 0 aromatic heterocycles. The number of methoxy groups -OCH3 is 1. The first-order valence-electron chi connectivity index (χ1n) is 6.99. The van der Waals surface area contributed by atoms with Gasteiger partial charge in [0, 0.05) is 19.9 Å². The zero-order chi connectivity index (χ0) is 15.9. The zero-order valence-electron chi connectivity index (χ0n) is 13.1. The summed E-state index contributed by atoms with van der Waals surface area (Å²) < 4.78 is 34.1. The summed E-state index contributed by atoms with van der Waals surface area (Å²) in [5.41, 5.74) is 0. The van der Waals surface area contributed by atoms with Crippen LogP contribution in [-0.4, -0.2) is 47.6 Å². The molecule has 5 nitrogen and oxygen atoms in total. The van der Waals surface area contributed by atoms with Crippen LogP contribution in [0, 0.1) is 5.92 Å². The van der Waals surface area contributed by atoms with E-state index < -0.39 is 9.84 Å². The minimum absolute atomic E-state index is 0.163. The molecule has 0 saturated carbocycles. The van der Waals surface area contributed by atoms with Crippen molar-refractivity contribution in [3.8, 4) is 5.75 Å². The van der Waals surface area contributed by atoms with Crippen molar-refractivity contribution < 1.29 is 17.9 Å². The molecule has 120 valence electrons. The van der Waals surface area contributed by atoms with Crippen LogP contribution in [0.25, 0.3) is 0 Å². The summed E-state index contributed by atoms with van der Waals surface area (Å²) in [6.45, 7) is 6.25. The van der Waals surface area contributed by atoms with Gasteiger partial charge in [-0.2, -0.15) is 0 Å². The molecule has 0 amide bonds. The lowest BCUT2D eigenvalue weighted by molar-refractivity contribution is 0.0801. The number of ether oxygens (including phenoxy) is 2. The van der Waals surface area contributed by atoms with E-state index in [-0.39, 0.29) is 11.0 Å². The quantitative estimate of drug-likeness (QED) is 0.752. The van der Waals surface area contributed by atoms with Gasteiger partial charge in [0.25, 0.3) is 0 Å². The highest BCUT2D eigenvalue weighted by molar-refractivity contribution is 7.90. The van der Waals surface area contributed by atoms with Crippen LogP contribution in [-0.2, 0) is 14.6 Å². The van der Waals surface area contributed by atoms with E-state index >= 15 is 0 Å². The van der Waals surface area contributed by atoms with E-state index in [1.807, 2.05) is 0 Å². The van der Waals surface area contributed by atoms with Gasteiger partial charge in [-0.25, -0.2) is 8.42 Å². The van der Waals surface area contributed by atoms with Crippen molar-refractivity contribution in [2.75, 3.05) is 33.1 Å². The molecule has 1 unspecified atom stereocenters. The number of sulfone groups is 1. The van der Waals surface area contributed by atoms with Gasteiger partial charge in [-0.15, -0.1) is 0 Å². The Morgan fingerprint density at radius 2 is 1.95 bits per heavy atom. The number of nitrogens with one attached hydrogen (secondary N) is 1. The Morgan fingerprint density at radius 1 is 1.24 bits per heavy atom. The summed E-state index contributed by atoms with van der Waals surface area (Å²) in [4.78, 5) is 0.256. The van der Waals surface area contributed by atoms with Gasteiger partial charge in [0.2, 0.25) is 0 Å². The first-order valence-corrected chi connectivity index (χ1v) is 8.88. The van der Waals surface area contributed by atoms with Crippen molar-refractivity contribution in [1.29, 1.82) is 0 Å². The molecule has 1 aromatic carbocycles. The molecule has 0 heterocycles. The average Bonchev–Trinajstić information content (AvgIpc) is 2.38. The molecule has 0 bridgehead atoms. The first kappa shape index (κ1) is 17.9. The molecule has 21 heavy (non-hydrogen) atoms. The summed E-state index contributed by atoms with van der Waals surface area (Å²) in [7, 11) is -1.61. The lowest BCUT2D eigenvalue weighted by Gasteiger charge is -2.20. The van der Waals surface area contributed by atoms with E-state index in [1.54, 1.807) is 31.4 Å². The molecule has 1 rings (SSSR count). The summed E-state index contributed by atoms with van der Waals surface area (Å²) in [6, 6.07) is 6.53. The van der Waals surface area contributed by atoms with Gasteiger partial charge >= 0.3 is 0 Å². The molecule has 0 aliphatic carbocycles. The molecule has 6 heteroatoms. The van der Waals surface area contributed by atoms with Crippen LogP contribution in [0.5, 0.6) is 5.75 Å². The second-order valence-corrected chi connectivity index (χ2v) is 7.51. The fourth-order valence-electron chi connectivity index (χ4n) is 1.82. The second-order valence-electron chi connectivity index (χ2n) is 5.49. The molecule has 1 aromatic rings. The van der Waals surface area contributed by atoms with E-state index in [9.17, 15) is 8.42 Å². The molecule has 0 aliphatic heterocycles. The fraction of sp³-hybridized carbons (Fsp3) is 0.600. The van der Waals surface area contributed by atoms with Crippen LogP contribution in [0.2, 0.25) is 0 Å². The van der Waals surface area contributed by atoms with Gasteiger partial charge in [0.15, 0.2) is 9.84 Å². The van der Waals surface area contributed by atoms with Crippen LogP contribution < -0.4 is 10.1 Å². The Balaban J connectivity index is 2.70. The molecule has 0 saturated heterocycles. The molecule has 0 fully saturated rings. The molecular formula is C15H25NO4S. The maximum absolute atomic E-state index is 11.6. The van der Waals surface area contributed by atoms with E-state index in [0.717, 1.165) is 6.54 Å². The van der Waals surface area contributed by atoms with Crippen LogP contribution in [0.15, 0.2) is 29.2 Å². The van der Waals surface area contributed by atoms with Gasteiger partial charge in [0.1, 0.15) is 11.9 Å². The maximum Gasteiger partial charge on any atom is 0.175 e. The van der Waals surface area contributed by atoms with Crippen LogP contribution in [0.1, 0.15) is 13.8 Å². The van der Waals surface area contributed by atoms with Crippen molar-refractivity contribution in [2.45, 2.75) is 24.8 Å². The third kappa shape index (κ3) is 6.93. The lowest BCUT2D eigenvalue weighted by atomic mass is 10.2. The summed E-state index contributed by atoms with van der Waals surface area (Å²) >= 11 is 0. The molecule has 1 atom stereocenters. The van der Waals surface area contributed by atoms with E-state index in [0.29, 0.717) is 24.8 Å². The number of benzene rings is 1. The summed E-state index contributed by atoms with van der Waals surface area (Å²) in [6.07, 6.45) is 1.02. The van der Waals surface area contributed by atoms with Crippen LogP contribution >= 0.6 is 0 Å². The highest BCUT2D eigenvalue weighted by atomic mass is 32.2. The Hall–Kier alpha value is -1.11. The molecule has 0 spiro atoms. The minimum Gasteiger partial charge on any atom is -0.487 e. The molecule has 0 radical (unpaired) electrons. The summed E-state index contributed by atoms with van der Waals surface area (Å²) in [5.74, 6) is 1.09. The first-order chi connectivity index (χ1) is 9.82. The highest BCUT2D eigenvalue weighted by Gasteiger charge is 2.13. The van der Waals surface area contributed by atoms with Gasteiger partial charge in [-0.05, 0) is 30.7 Å². The van der Waals surface area contributed by atoms with Gasteiger partial charge < -0.3 is 14.8 Å². The zero-order valence-corrected chi connectivity index (χ0v) is 13.9. The van der Waals surface area contributed by atoms with Gasteiger partial charge in [-0.1, -0.05) is 19.9 Å². The number of hydrogen-bond acceptors (Lipinski definition) is 5. The SMILES string of the molecule is COCC(CNCC(C)C)Oc1cccc(S(C)(=O)=O)c1. The topological polar surface area (TPSA) is 64.6 Å². The third-order valence-corrected chi connectivity index (χ3v) is 3.92. The number of hydrogen-bond donors (Lipinski definition) is 1. The summed E-state index contributed by atoms with van der Waals surface area (Å²) in [5, 5.41) is 3.31. The smallest absolute Gasteiger partial charge is 0.175 e. The van der Waals surface area contributed by atoms with Crippen molar-refractivity contribution in [3.05, 3.63) is 24.3 Å². The maximum atomic E-state index is 11.6. The average molecular weight is 315 g/mol. The van der Waals surface area contributed by atoms with Crippen LogP contribution in [0.3, 0.4) is 0 Å². The molecular weight excluding hydrogens is 290 g/mol. The van der Waals surface area contributed by atoms with Crippen molar-refractivity contribution >= 4 is 9.84 Å². The Kier molecular flexibility index (Phi) is 7.14. The second kappa shape index (κ2) is 8.36. The van der Waals surface area contributed by atoms with Crippen molar-refractivity contribution in [2.24, 2.45) is 5.92 Å². The monoisotopic (exact) mass is 315 g/mol. The predicted molar refractivity (Wildman–Crippen MR) is 83.6 cm³/mol.